The summed E-state index contributed by atoms with van der Waals surface area (Å²) in [6.45, 7) is 33.0. The van der Waals surface area contributed by atoms with Crippen LogP contribution in [0.5, 0.6) is 0 Å². The summed E-state index contributed by atoms with van der Waals surface area (Å²) < 4.78 is 0. The topological polar surface area (TPSA) is 0 Å². The summed E-state index contributed by atoms with van der Waals surface area (Å²) in [7, 11) is 0. The molecule has 0 radical (unpaired) electrons. The van der Waals surface area contributed by atoms with Gasteiger partial charge in [0.1, 0.15) is 0 Å². The summed E-state index contributed by atoms with van der Waals surface area (Å²) in [5.41, 5.74) is 0. The van der Waals surface area contributed by atoms with Crippen LogP contribution in [0.15, 0.2) is 0 Å². The second kappa shape index (κ2) is 1360. The van der Waals surface area contributed by atoms with E-state index < -0.39 is 0 Å². The van der Waals surface area contributed by atoms with Crippen LogP contribution in [0.25, 0.3) is 0 Å². The first kappa shape index (κ1) is 204. The predicted octanol–water partition coefficient (Wildman–Crippen LogP) is 16.0. The summed E-state index contributed by atoms with van der Waals surface area (Å²) in [6, 6.07) is 0. The Morgan fingerprint density at radius 3 is 0.250 bits per heavy atom. The van der Waals surface area contributed by atoms with Gasteiger partial charge in [-0.15, -0.1) is 0 Å². The zero-order valence-corrected chi connectivity index (χ0v) is 25.4. The van der Waals surface area contributed by atoms with Gasteiger partial charge in [-0.25, -0.2) is 0 Å². The van der Waals surface area contributed by atoms with E-state index in [4.69, 9.17) is 0 Å². The normalized spacial score (nSPS) is 3.00. The van der Waals surface area contributed by atoms with Gasteiger partial charge in [-0.05, 0) is 0 Å². The van der Waals surface area contributed by atoms with Crippen molar-refractivity contribution < 1.29 is 21.1 Å². The number of hydrogen-bond donors (Lipinski definition) is 0. The third kappa shape index (κ3) is 57100. The van der Waals surface area contributed by atoms with Gasteiger partial charge in [-0.2, -0.15) is 0 Å². The van der Waals surface area contributed by atoms with Gasteiger partial charge in [-0.1, -0.05) is 188 Å². The van der Waals surface area contributed by atoms with Gasteiger partial charge in [0.15, 0.2) is 0 Å². The Balaban J connectivity index is -0.00000000273. The van der Waals surface area contributed by atoms with Gasteiger partial charge >= 0.3 is 21.1 Å². The van der Waals surface area contributed by atoms with Gasteiger partial charge in [0.2, 0.25) is 0 Å². The molecule has 0 saturated heterocycles. The zero-order valence-electron chi connectivity index (χ0n) is 23.1. The van der Waals surface area contributed by atoms with Crippen LogP contribution in [-0.4, -0.2) is 0 Å². The maximum Gasteiger partial charge on any atom is 4.00 e. The fraction of sp³-hybridized carbons (Fsp3) is 0.871. The van der Waals surface area contributed by atoms with Crippen molar-refractivity contribution in [2.24, 2.45) is 0 Å². The van der Waals surface area contributed by atoms with Crippen molar-refractivity contribution >= 4 is 0 Å². The number of hydrogen-bond acceptors (Lipinski definition) is 0. The molecule has 0 atom stereocenters. The van der Waals surface area contributed by atoms with E-state index in [1.807, 2.05) is 55.4 Å². The van der Waals surface area contributed by atoms with Gasteiger partial charge < -0.3 is 29.7 Å². The molecular weight excluding hydrogens is 567 g/mol. The van der Waals surface area contributed by atoms with E-state index in [1.54, 1.807) is 0 Å². The molecule has 0 nitrogen and oxygen atoms in total. The molecule has 0 aromatic heterocycles. The minimum atomic E-state index is 0. The first-order valence-corrected chi connectivity index (χ1v) is 9.66. The molecule has 0 spiro atoms. The quantitative estimate of drug-likeness (QED) is 0.226. The Hall–Kier alpha value is 0.688. The van der Waals surface area contributed by atoms with Gasteiger partial charge in [-0.3, -0.25) is 0 Å². The van der Waals surface area contributed by atoms with Crippen molar-refractivity contribution in [2.75, 3.05) is 0 Å². The Bertz CT molecular complexity index is 14.4. The van der Waals surface area contributed by atoms with Crippen LogP contribution in [0.2, 0.25) is 0 Å². The van der Waals surface area contributed by atoms with Crippen LogP contribution >= 0.6 is 0 Å². The monoisotopic (exact) mass is 664 g/mol. The molecule has 0 fully saturated rings. The summed E-state index contributed by atoms with van der Waals surface area (Å²) in [5, 5.41) is 0. The average Bonchev–Trinajstić information content (AvgIpc) is 2.50. The molecule has 1 heteroatoms. The van der Waals surface area contributed by atoms with Gasteiger partial charge in [0, 0.05) is 0 Å². The second-order valence-electron chi connectivity index (χ2n) is 2.83. The molecule has 0 aromatic rings. The van der Waals surface area contributed by atoms with E-state index in [1.165, 1.54) is 25.7 Å². The van der Waals surface area contributed by atoms with Gasteiger partial charge in [0.25, 0.3) is 0 Å². The van der Waals surface area contributed by atoms with E-state index in [0.29, 0.717) is 0 Å². The smallest absolute Gasteiger partial charge is 0.358 e. The van der Waals surface area contributed by atoms with Crippen molar-refractivity contribution in [3.8, 4) is 0 Å². The van der Waals surface area contributed by atoms with Crippen LogP contribution in [0.3, 0.4) is 0 Å². The van der Waals surface area contributed by atoms with E-state index in [9.17, 15) is 0 Å². The molecule has 0 bridgehead atoms. The van der Waals surface area contributed by atoms with E-state index in [2.05, 4.69) is 55.4 Å². The fourth-order valence-electron chi connectivity index (χ4n) is 0. The minimum absolute atomic E-state index is 0. The predicted molar refractivity (Wildman–Crippen MR) is 182 cm³/mol. The van der Waals surface area contributed by atoms with Crippen molar-refractivity contribution in [1.29, 1.82) is 0 Å². The minimum Gasteiger partial charge on any atom is -0.358 e. The molecule has 230 valence electrons. The van der Waals surface area contributed by atoms with Crippen molar-refractivity contribution in [2.45, 2.75) is 188 Å². The molecule has 0 unspecified atom stereocenters. The van der Waals surface area contributed by atoms with Crippen LogP contribution in [0, 0.1) is 29.7 Å². The summed E-state index contributed by atoms with van der Waals surface area (Å²) in [4.78, 5) is 0. The molecule has 0 saturated carbocycles. The fourth-order valence-corrected chi connectivity index (χ4v) is 0. The molecular formula is C31H96Pt. The zero-order chi connectivity index (χ0) is 18.8. The molecule has 0 heterocycles. The summed E-state index contributed by atoms with van der Waals surface area (Å²) in [5.74, 6) is 0. The first-order valence-electron chi connectivity index (χ1n) is 9.66. The van der Waals surface area contributed by atoms with Crippen LogP contribution in [0.1, 0.15) is 188 Å². The van der Waals surface area contributed by atoms with E-state index in [-0.39, 0.29) is 103 Å². The molecule has 0 rings (SSSR count). The summed E-state index contributed by atoms with van der Waals surface area (Å²) in [6.07, 6.45) is 5.00. The third-order valence-corrected chi connectivity index (χ3v) is 0. The van der Waals surface area contributed by atoms with Crippen molar-refractivity contribution in [1.82, 2.24) is 0 Å². The molecule has 0 N–H and O–H groups in total. The van der Waals surface area contributed by atoms with Crippen LogP contribution in [0.4, 0.5) is 0 Å². The average molecular weight is 664 g/mol. The molecule has 0 aliphatic rings. The molecule has 0 aliphatic carbocycles. The maximum atomic E-state index is 2.12. The van der Waals surface area contributed by atoms with Crippen LogP contribution < -0.4 is 0 Å². The van der Waals surface area contributed by atoms with Gasteiger partial charge in [0.05, 0.1) is 0 Å². The third-order valence-electron chi connectivity index (χ3n) is 0. The molecule has 0 aromatic carbocycles. The Morgan fingerprint density at radius 1 is 0.250 bits per heavy atom. The molecule has 32 heavy (non-hydrogen) atoms. The van der Waals surface area contributed by atoms with Crippen LogP contribution in [-0.2, 0) is 21.1 Å². The summed E-state index contributed by atoms with van der Waals surface area (Å²) >= 11 is 0. The molecule has 0 aliphatic heterocycles. The molecule has 0 amide bonds. The Labute approximate surface area is 238 Å². The first-order chi connectivity index (χ1) is 9.66. The number of rotatable bonds is 0. The second-order valence-corrected chi connectivity index (χ2v) is 2.83. The van der Waals surface area contributed by atoms with E-state index in [0.717, 1.165) is 0 Å². The Morgan fingerprint density at radius 2 is 0.250 bits per heavy atom. The van der Waals surface area contributed by atoms with E-state index >= 15 is 0 Å². The van der Waals surface area contributed by atoms with Crippen molar-refractivity contribution in [3.05, 3.63) is 29.7 Å². The maximum absolute atomic E-state index is 2.12. The van der Waals surface area contributed by atoms with Crippen molar-refractivity contribution in [3.63, 3.8) is 0 Å². The largest absolute Gasteiger partial charge is 4.00 e. The Kier molecular flexibility index (Phi) is 8650. The SMILES string of the molecule is C.C.C.C.C.C.C.CC.CC.CC.CC.CCC.CCC.CCC.CCC.[CH3-].[CH3-].[CH3-].[CH3-].[Pt+4]. The standard InChI is InChI=1S/4C3H8.4C2H6.7CH4.4CH3.Pt/c4*1-3-2;4*1-2;;;;;;;;;;;;/h4*3H2,1-2H3;4*1-2H3;7*1H4;4*1H3;/q;;;;;;;;;;;;;;;4*-1;+4.